The highest BCUT2D eigenvalue weighted by Gasteiger charge is 2.10. The monoisotopic (exact) mass is 289 g/mol. The standard InChI is InChI=1S/C17H20ClNO/c1-12-6-3-4-7-15(12)11-20-17-14(10-13(2)19)8-5-9-16(17)18/h3-9,13H,10-11,19H2,1-2H3. The Morgan fingerprint density at radius 1 is 1.10 bits per heavy atom. The number of nitrogens with two attached hydrogens (primary N) is 1. The summed E-state index contributed by atoms with van der Waals surface area (Å²) in [5.41, 5.74) is 9.31. The number of rotatable bonds is 5. The molecular weight excluding hydrogens is 270 g/mol. The molecule has 20 heavy (non-hydrogen) atoms. The van der Waals surface area contributed by atoms with E-state index >= 15 is 0 Å². The lowest BCUT2D eigenvalue weighted by Gasteiger charge is -2.15. The van der Waals surface area contributed by atoms with E-state index in [9.17, 15) is 0 Å². The molecule has 2 aromatic rings. The van der Waals surface area contributed by atoms with Crippen molar-refractivity contribution in [2.24, 2.45) is 5.73 Å². The Balaban J connectivity index is 2.18. The van der Waals surface area contributed by atoms with Crippen LogP contribution in [-0.2, 0) is 13.0 Å². The highest BCUT2D eigenvalue weighted by molar-refractivity contribution is 6.32. The van der Waals surface area contributed by atoms with Gasteiger partial charge in [0, 0.05) is 6.04 Å². The largest absolute Gasteiger partial charge is 0.487 e. The second kappa shape index (κ2) is 6.78. The van der Waals surface area contributed by atoms with Gasteiger partial charge in [-0.1, -0.05) is 48.0 Å². The molecular formula is C17H20ClNO. The first kappa shape index (κ1) is 14.9. The summed E-state index contributed by atoms with van der Waals surface area (Å²) in [7, 11) is 0. The zero-order chi connectivity index (χ0) is 14.5. The fourth-order valence-corrected chi connectivity index (χ4v) is 2.39. The summed E-state index contributed by atoms with van der Waals surface area (Å²) in [5.74, 6) is 0.745. The maximum Gasteiger partial charge on any atom is 0.141 e. The molecule has 2 rings (SSSR count). The second-order valence-corrected chi connectivity index (χ2v) is 5.53. The molecule has 0 aromatic heterocycles. The summed E-state index contributed by atoms with van der Waals surface area (Å²) in [6.45, 7) is 4.57. The van der Waals surface area contributed by atoms with Gasteiger partial charge in [0.2, 0.25) is 0 Å². The van der Waals surface area contributed by atoms with Crippen LogP contribution in [0.5, 0.6) is 5.75 Å². The van der Waals surface area contributed by atoms with E-state index in [1.807, 2.05) is 37.3 Å². The third-order valence-corrected chi connectivity index (χ3v) is 3.52. The molecule has 0 aliphatic rings. The van der Waals surface area contributed by atoms with E-state index < -0.39 is 0 Å². The summed E-state index contributed by atoms with van der Waals surface area (Å²) in [6, 6.07) is 14.1. The third-order valence-electron chi connectivity index (χ3n) is 3.22. The normalized spacial score (nSPS) is 12.2. The Kier molecular flexibility index (Phi) is 5.05. The molecule has 0 spiro atoms. The maximum absolute atomic E-state index is 6.25. The average molecular weight is 290 g/mol. The van der Waals surface area contributed by atoms with Gasteiger partial charge in [0.05, 0.1) is 5.02 Å². The van der Waals surface area contributed by atoms with Gasteiger partial charge >= 0.3 is 0 Å². The molecule has 0 saturated heterocycles. The molecule has 0 saturated carbocycles. The molecule has 0 amide bonds. The Hall–Kier alpha value is -1.51. The van der Waals surface area contributed by atoms with Crippen molar-refractivity contribution in [2.75, 3.05) is 0 Å². The zero-order valence-corrected chi connectivity index (χ0v) is 12.7. The minimum absolute atomic E-state index is 0.0780. The number of hydrogen-bond acceptors (Lipinski definition) is 2. The van der Waals surface area contributed by atoms with Crippen molar-refractivity contribution in [3.8, 4) is 5.75 Å². The molecule has 1 unspecified atom stereocenters. The van der Waals surface area contributed by atoms with Gasteiger partial charge in [-0.15, -0.1) is 0 Å². The van der Waals surface area contributed by atoms with Crippen LogP contribution < -0.4 is 10.5 Å². The van der Waals surface area contributed by atoms with Crippen molar-refractivity contribution in [3.05, 3.63) is 64.2 Å². The fraction of sp³-hybridized carbons (Fsp3) is 0.294. The van der Waals surface area contributed by atoms with Gasteiger partial charge in [0.1, 0.15) is 12.4 Å². The van der Waals surface area contributed by atoms with Crippen LogP contribution in [0.3, 0.4) is 0 Å². The van der Waals surface area contributed by atoms with Crippen molar-refractivity contribution < 1.29 is 4.74 Å². The van der Waals surface area contributed by atoms with Crippen LogP contribution in [0, 0.1) is 6.92 Å². The minimum Gasteiger partial charge on any atom is -0.487 e. The number of halogens is 1. The second-order valence-electron chi connectivity index (χ2n) is 5.12. The first-order valence-electron chi connectivity index (χ1n) is 6.78. The van der Waals surface area contributed by atoms with Crippen molar-refractivity contribution in [1.82, 2.24) is 0 Å². The Morgan fingerprint density at radius 2 is 1.80 bits per heavy atom. The summed E-state index contributed by atoms with van der Waals surface area (Å²) < 4.78 is 5.95. The van der Waals surface area contributed by atoms with Gasteiger partial charge in [-0.2, -0.15) is 0 Å². The summed E-state index contributed by atoms with van der Waals surface area (Å²) in [5, 5.41) is 0.636. The lowest BCUT2D eigenvalue weighted by molar-refractivity contribution is 0.302. The molecule has 0 heterocycles. The van der Waals surface area contributed by atoms with Gasteiger partial charge in [-0.3, -0.25) is 0 Å². The van der Waals surface area contributed by atoms with E-state index in [4.69, 9.17) is 22.1 Å². The van der Waals surface area contributed by atoms with Crippen molar-refractivity contribution in [3.63, 3.8) is 0 Å². The first-order valence-corrected chi connectivity index (χ1v) is 7.16. The Bertz CT molecular complexity index is 581. The van der Waals surface area contributed by atoms with E-state index in [-0.39, 0.29) is 6.04 Å². The molecule has 106 valence electrons. The topological polar surface area (TPSA) is 35.2 Å². The molecule has 2 aromatic carbocycles. The number of ether oxygens (including phenoxy) is 1. The summed E-state index contributed by atoms with van der Waals surface area (Å²) in [4.78, 5) is 0. The Labute approximate surface area is 125 Å². The Morgan fingerprint density at radius 3 is 2.50 bits per heavy atom. The predicted molar refractivity (Wildman–Crippen MR) is 84.3 cm³/mol. The highest BCUT2D eigenvalue weighted by Crippen LogP contribution is 2.30. The van der Waals surface area contributed by atoms with Crippen LogP contribution in [0.15, 0.2) is 42.5 Å². The smallest absolute Gasteiger partial charge is 0.141 e. The van der Waals surface area contributed by atoms with Crippen LogP contribution in [0.4, 0.5) is 0 Å². The fourth-order valence-electron chi connectivity index (χ4n) is 2.14. The van der Waals surface area contributed by atoms with Crippen molar-refractivity contribution in [1.29, 1.82) is 0 Å². The van der Waals surface area contributed by atoms with E-state index in [1.165, 1.54) is 11.1 Å². The average Bonchev–Trinajstić information content (AvgIpc) is 2.39. The van der Waals surface area contributed by atoms with E-state index in [2.05, 4.69) is 19.1 Å². The predicted octanol–water partition coefficient (Wildman–Crippen LogP) is 4.12. The maximum atomic E-state index is 6.25. The molecule has 0 aliphatic heterocycles. The van der Waals surface area contributed by atoms with Gasteiger partial charge in [0.25, 0.3) is 0 Å². The third kappa shape index (κ3) is 3.75. The number of hydrogen-bond donors (Lipinski definition) is 1. The number of benzene rings is 2. The van der Waals surface area contributed by atoms with Crippen LogP contribution >= 0.6 is 11.6 Å². The number of para-hydroxylation sites is 1. The lowest BCUT2D eigenvalue weighted by atomic mass is 10.1. The van der Waals surface area contributed by atoms with E-state index in [0.717, 1.165) is 17.7 Å². The van der Waals surface area contributed by atoms with Gasteiger partial charge in [0.15, 0.2) is 0 Å². The van der Waals surface area contributed by atoms with Gasteiger partial charge in [-0.05, 0) is 43.0 Å². The molecule has 1 atom stereocenters. The van der Waals surface area contributed by atoms with E-state index in [1.54, 1.807) is 0 Å². The lowest BCUT2D eigenvalue weighted by Crippen LogP contribution is -2.18. The van der Waals surface area contributed by atoms with Crippen LogP contribution in [0.1, 0.15) is 23.6 Å². The molecule has 2 nitrogen and oxygen atoms in total. The summed E-state index contributed by atoms with van der Waals surface area (Å²) in [6.07, 6.45) is 0.754. The van der Waals surface area contributed by atoms with Crippen LogP contribution in [-0.4, -0.2) is 6.04 Å². The van der Waals surface area contributed by atoms with Crippen molar-refractivity contribution >= 4 is 11.6 Å². The minimum atomic E-state index is 0.0780. The van der Waals surface area contributed by atoms with Crippen molar-refractivity contribution in [2.45, 2.75) is 32.9 Å². The highest BCUT2D eigenvalue weighted by atomic mass is 35.5. The SMILES string of the molecule is Cc1ccccc1COc1c(Cl)cccc1CC(C)N. The molecule has 0 fully saturated rings. The molecule has 2 N–H and O–H groups in total. The van der Waals surface area contributed by atoms with Gasteiger partial charge < -0.3 is 10.5 Å². The first-order chi connectivity index (χ1) is 9.58. The molecule has 0 radical (unpaired) electrons. The molecule has 3 heteroatoms. The zero-order valence-electron chi connectivity index (χ0n) is 11.9. The molecule has 0 bridgehead atoms. The molecule has 0 aliphatic carbocycles. The summed E-state index contributed by atoms with van der Waals surface area (Å²) >= 11 is 6.25. The quantitative estimate of drug-likeness (QED) is 0.899. The van der Waals surface area contributed by atoms with Gasteiger partial charge in [-0.25, -0.2) is 0 Å². The van der Waals surface area contributed by atoms with Crippen LogP contribution in [0.2, 0.25) is 5.02 Å². The van der Waals surface area contributed by atoms with E-state index in [0.29, 0.717) is 11.6 Å². The van der Waals surface area contributed by atoms with Crippen LogP contribution in [0.25, 0.3) is 0 Å². The number of aryl methyl sites for hydroxylation is 1.